The molecule has 144 valence electrons. The fourth-order valence-corrected chi connectivity index (χ4v) is 3.00. The second-order valence-electron chi connectivity index (χ2n) is 6.60. The Morgan fingerprint density at radius 3 is 2.52 bits per heavy atom. The second kappa shape index (κ2) is 7.97. The van der Waals surface area contributed by atoms with Crippen LogP contribution >= 0.6 is 0 Å². The average Bonchev–Trinajstić information content (AvgIpc) is 3.09. The van der Waals surface area contributed by atoms with Crippen molar-refractivity contribution in [3.05, 3.63) is 73.1 Å². The van der Waals surface area contributed by atoms with Crippen LogP contribution in [-0.2, 0) is 11.3 Å². The third-order valence-electron chi connectivity index (χ3n) is 4.51. The minimum Gasteiger partial charge on any atom is -0.325 e. The van der Waals surface area contributed by atoms with Crippen LogP contribution in [0.5, 0.6) is 0 Å². The SMILES string of the molecule is Cc1cc(-c2ncn(CC(=O)Nc3ccc(-c4cncnc4)cn3)c2C)ccn1. The zero-order valence-corrected chi connectivity index (χ0v) is 16.1. The van der Waals surface area contributed by atoms with Crippen LogP contribution in [0.4, 0.5) is 5.82 Å². The molecule has 0 atom stereocenters. The van der Waals surface area contributed by atoms with Crippen molar-refractivity contribution in [2.45, 2.75) is 20.4 Å². The number of nitrogens with one attached hydrogen (secondary N) is 1. The molecule has 0 spiro atoms. The van der Waals surface area contributed by atoms with Gasteiger partial charge in [-0.2, -0.15) is 0 Å². The molecule has 0 bridgehead atoms. The molecule has 4 heterocycles. The molecule has 4 rings (SSSR count). The minimum atomic E-state index is -0.175. The molecular weight excluding hydrogens is 366 g/mol. The van der Waals surface area contributed by atoms with Gasteiger partial charge in [0.1, 0.15) is 18.7 Å². The Morgan fingerprint density at radius 2 is 1.79 bits per heavy atom. The first-order valence-electron chi connectivity index (χ1n) is 9.06. The number of aromatic nitrogens is 6. The summed E-state index contributed by atoms with van der Waals surface area (Å²) in [6.45, 7) is 4.03. The highest BCUT2D eigenvalue weighted by Gasteiger charge is 2.12. The van der Waals surface area contributed by atoms with Crippen LogP contribution in [0, 0.1) is 13.8 Å². The molecule has 0 saturated heterocycles. The number of anilines is 1. The van der Waals surface area contributed by atoms with Crippen LogP contribution in [0.15, 0.2) is 61.7 Å². The molecule has 4 aromatic heterocycles. The van der Waals surface area contributed by atoms with Crippen molar-refractivity contribution in [3.8, 4) is 22.4 Å². The van der Waals surface area contributed by atoms with E-state index >= 15 is 0 Å². The molecule has 1 amide bonds. The van der Waals surface area contributed by atoms with Crippen molar-refractivity contribution in [1.29, 1.82) is 0 Å². The van der Waals surface area contributed by atoms with Gasteiger partial charge in [0, 0.05) is 52.9 Å². The molecule has 0 saturated carbocycles. The first kappa shape index (κ1) is 18.4. The summed E-state index contributed by atoms with van der Waals surface area (Å²) in [5.41, 5.74) is 5.41. The van der Waals surface area contributed by atoms with Gasteiger partial charge in [0.25, 0.3) is 0 Å². The Kier molecular flexibility index (Phi) is 5.07. The summed E-state index contributed by atoms with van der Waals surface area (Å²) in [4.78, 5) is 33.4. The molecule has 29 heavy (non-hydrogen) atoms. The van der Waals surface area contributed by atoms with E-state index in [0.717, 1.165) is 33.8 Å². The molecule has 0 fully saturated rings. The lowest BCUT2D eigenvalue weighted by Gasteiger charge is -2.08. The van der Waals surface area contributed by atoms with Crippen molar-refractivity contribution in [1.82, 2.24) is 29.5 Å². The first-order valence-corrected chi connectivity index (χ1v) is 9.06. The molecule has 1 N–H and O–H groups in total. The van der Waals surface area contributed by atoms with E-state index in [1.54, 1.807) is 37.2 Å². The summed E-state index contributed by atoms with van der Waals surface area (Å²) in [5, 5.41) is 2.81. The Morgan fingerprint density at radius 1 is 0.966 bits per heavy atom. The van der Waals surface area contributed by atoms with Gasteiger partial charge < -0.3 is 9.88 Å². The third-order valence-corrected chi connectivity index (χ3v) is 4.51. The summed E-state index contributed by atoms with van der Waals surface area (Å²) in [6.07, 6.45) is 10.0. The van der Waals surface area contributed by atoms with Gasteiger partial charge in [-0.3, -0.25) is 9.78 Å². The average molecular weight is 385 g/mol. The van der Waals surface area contributed by atoms with Gasteiger partial charge in [0.15, 0.2) is 0 Å². The van der Waals surface area contributed by atoms with Crippen molar-refractivity contribution in [3.63, 3.8) is 0 Å². The number of nitrogens with zero attached hydrogens (tertiary/aromatic N) is 6. The van der Waals surface area contributed by atoms with Gasteiger partial charge in [-0.1, -0.05) is 0 Å². The summed E-state index contributed by atoms with van der Waals surface area (Å²) in [6, 6.07) is 7.51. The van der Waals surface area contributed by atoms with E-state index in [0.29, 0.717) is 5.82 Å². The topological polar surface area (TPSA) is 98.5 Å². The maximum absolute atomic E-state index is 12.5. The largest absolute Gasteiger partial charge is 0.325 e. The summed E-state index contributed by atoms with van der Waals surface area (Å²) >= 11 is 0. The molecule has 0 aliphatic heterocycles. The van der Waals surface area contributed by atoms with E-state index in [2.05, 4.69) is 30.2 Å². The summed E-state index contributed by atoms with van der Waals surface area (Å²) in [5.74, 6) is 0.310. The molecule has 4 aromatic rings. The Balaban J connectivity index is 1.44. The first-order chi connectivity index (χ1) is 14.1. The van der Waals surface area contributed by atoms with Crippen LogP contribution in [-0.4, -0.2) is 35.4 Å². The molecule has 0 unspecified atom stereocenters. The van der Waals surface area contributed by atoms with E-state index < -0.39 is 0 Å². The van der Waals surface area contributed by atoms with Crippen molar-refractivity contribution in [2.75, 3.05) is 5.32 Å². The van der Waals surface area contributed by atoms with Crippen LogP contribution in [0.3, 0.4) is 0 Å². The van der Waals surface area contributed by atoms with Gasteiger partial charge in [-0.05, 0) is 38.1 Å². The smallest absolute Gasteiger partial charge is 0.245 e. The van der Waals surface area contributed by atoms with E-state index in [9.17, 15) is 4.79 Å². The van der Waals surface area contributed by atoms with Crippen LogP contribution in [0.2, 0.25) is 0 Å². The van der Waals surface area contributed by atoms with E-state index in [4.69, 9.17) is 0 Å². The van der Waals surface area contributed by atoms with E-state index in [1.807, 2.05) is 36.6 Å². The maximum atomic E-state index is 12.5. The quantitative estimate of drug-likeness (QED) is 0.567. The number of aryl methyl sites for hydroxylation is 1. The Hall–Kier alpha value is -3.94. The van der Waals surface area contributed by atoms with Crippen molar-refractivity contribution >= 4 is 11.7 Å². The normalized spacial score (nSPS) is 10.7. The van der Waals surface area contributed by atoms with Crippen molar-refractivity contribution in [2.24, 2.45) is 0 Å². The minimum absolute atomic E-state index is 0.152. The predicted octanol–water partition coefficient (Wildman–Crippen LogP) is 3.05. The summed E-state index contributed by atoms with van der Waals surface area (Å²) in [7, 11) is 0. The van der Waals surface area contributed by atoms with Gasteiger partial charge >= 0.3 is 0 Å². The number of amides is 1. The molecule has 0 radical (unpaired) electrons. The van der Waals surface area contributed by atoms with Gasteiger partial charge in [-0.15, -0.1) is 0 Å². The third kappa shape index (κ3) is 4.16. The van der Waals surface area contributed by atoms with Crippen LogP contribution < -0.4 is 5.32 Å². The molecule has 8 heteroatoms. The lowest BCUT2D eigenvalue weighted by molar-refractivity contribution is -0.116. The van der Waals surface area contributed by atoms with Crippen molar-refractivity contribution < 1.29 is 4.79 Å². The van der Waals surface area contributed by atoms with Crippen LogP contribution in [0.25, 0.3) is 22.4 Å². The molecule has 0 aliphatic carbocycles. The lowest BCUT2D eigenvalue weighted by atomic mass is 10.1. The zero-order chi connectivity index (χ0) is 20.2. The highest BCUT2D eigenvalue weighted by molar-refractivity contribution is 5.89. The number of imidazole rings is 1. The fraction of sp³-hybridized carbons (Fsp3) is 0.143. The van der Waals surface area contributed by atoms with Gasteiger partial charge in [0.05, 0.1) is 12.0 Å². The van der Waals surface area contributed by atoms with E-state index in [1.165, 1.54) is 6.33 Å². The van der Waals surface area contributed by atoms with Crippen LogP contribution in [0.1, 0.15) is 11.4 Å². The zero-order valence-electron chi connectivity index (χ0n) is 16.1. The monoisotopic (exact) mass is 385 g/mol. The standard InChI is InChI=1S/C21H19N7O/c1-14-7-16(5-6-24-14)21-15(2)28(13-26-21)11-20(29)27-19-4-3-17(10-25-19)18-8-22-12-23-9-18/h3-10,12-13H,11H2,1-2H3,(H,25,27,29). The highest BCUT2D eigenvalue weighted by Crippen LogP contribution is 2.22. The number of hydrogen-bond acceptors (Lipinski definition) is 6. The number of pyridine rings is 2. The Bertz CT molecular complexity index is 1140. The molecule has 0 aromatic carbocycles. The summed E-state index contributed by atoms with van der Waals surface area (Å²) < 4.78 is 1.82. The predicted molar refractivity (Wildman–Crippen MR) is 109 cm³/mol. The number of rotatable bonds is 5. The van der Waals surface area contributed by atoms with E-state index in [-0.39, 0.29) is 12.5 Å². The number of hydrogen-bond donors (Lipinski definition) is 1. The Labute approximate surface area is 167 Å². The van der Waals surface area contributed by atoms with Gasteiger partial charge in [-0.25, -0.2) is 19.9 Å². The highest BCUT2D eigenvalue weighted by atomic mass is 16.2. The maximum Gasteiger partial charge on any atom is 0.245 e. The lowest BCUT2D eigenvalue weighted by Crippen LogP contribution is -2.19. The molecular formula is C21H19N7O. The molecule has 8 nitrogen and oxygen atoms in total. The number of carbonyl (C=O) groups excluding carboxylic acids is 1. The van der Waals surface area contributed by atoms with Gasteiger partial charge in [0.2, 0.25) is 5.91 Å². The number of carbonyl (C=O) groups is 1. The second-order valence-corrected chi connectivity index (χ2v) is 6.60. The fourth-order valence-electron chi connectivity index (χ4n) is 3.00. The molecule has 0 aliphatic rings.